The van der Waals surface area contributed by atoms with Gasteiger partial charge in [-0.05, 0) is 59.1 Å². The van der Waals surface area contributed by atoms with Gasteiger partial charge in [-0.25, -0.2) is 0 Å². The highest BCUT2D eigenvalue weighted by Crippen LogP contribution is 2.25. The van der Waals surface area contributed by atoms with E-state index in [1.165, 1.54) is 0 Å². The zero-order valence-electron chi connectivity index (χ0n) is 15.4. The Kier molecular flexibility index (Phi) is 8.29. The average molecular weight is 435 g/mol. The van der Waals surface area contributed by atoms with Gasteiger partial charge in [0.15, 0.2) is 6.61 Å². The van der Waals surface area contributed by atoms with Crippen molar-refractivity contribution in [1.82, 2.24) is 5.32 Å². The summed E-state index contributed by atoms with van der Waals surface area (Å²) in [6.45, 7) is 2.88. The largest absolute Gasteiger partial charge is 0.483 e. The van der Waals surface area contributed by atoms with E-state index in [0.717, 1.165) is 16.5 Å². The molecule has 0 spiro atoms. The van der Waals surface area contributed by atoms with E-state index >= 15 is 0 Å². The molecule has 0 unspecified atom stereocenters. The van der Waals surface area contributed by atoms with Crippen molar-refractivity contribution < 1.29 is 19.1 Å². The predicted octanol–water partition coefficient (Wildman–Crippen LogP) is 3.54. The molecule has 0 saturated heterocycles. The molecule has 0 aromatic heterocycles. The number of ether oxygens (including phenoxy) is 2. The van der Waals surface area contributed by atoms with E-state index in [4.69, 9.17) is 9.47 Å². The van der Waals surface area contributed by atoms with Gasteiger partial charge in [0.2, 0.25) is 0 Å². The van der Waals surface area contributed by atoms with Gasteiger partial charge in [-0.1, -0.05) is 18.2 Å². The Bertz CT molecular complexity index is 795. The third-order valence-electron chi connectivity index (χ3n) is 3.70. The Hall–Kier alpha value is -2.38. The van der Waals surface area contributed by atoms with Crippen LogP contribution in [-0.2, 0) is 9.53 Å². The molecular weight excluding hydrogens is 412 g/mol. The van der Waals surface area contributed by atoms with E-state index in [9.17, 15) is 9.59 Å². The molecule has 0 aliphatic rings. The summed E-state index contributed by atoms with van der Waals surface area (Å²) in [5, 5.41) is 5.54. The standard InChI is InChI=1S/C20H23BrN2O4/c1-14-8-9-18(16(21)12-14)27-13-19(24)23-17-7-4-3-6-15(17)20(25)22-10-5-11-26-2/h3-4,6-9,12H,5,10-11,13H2,1-2H3,(H,22,25)(H,23,24). The normalized spacial score (nSPS) is 10.3. The molecule has 0 bridgehead atoms. The number of benzene rings is 2. The van der Waals surface area contributed by atoms with Crippen LogP contribution in [0.2, 0.25) is 0 Å². The molecule has 0 aliphatic carbocycles. The second kappa shape index (κ2) is 10.7. The van der Waals surface area contributed by atoms with Crippen LogP contribution >= 0.6 is 15.9 Å². The number of anilines is 1. The maximum Gasteiger partial charge on any atom is 0.262 e. The first kappa shape index (κ1) is 20.9. The lowest BCUT2D eigenvalue weighted by atomic mass is 10.1. The van der Waals surface area contributed by atoms with Crippen molar-refractivity contribution >= 4 is 33.4 Å². The fourth-order valence-electron chi connectivity index (χ4n) is 2.36. The van der Waals surface area contributed by atoms with Crippen LogP contribution in [-0.4, -0.2) is 38.7 Å². The molecular formula is C20H23BrN2O4. The van der Waals surface area contributed by atoms with Crippen LogP contribution in [0.15, 0.2) is 46.9 Å². The smallest absolute Gasteiger partial charge is 0.262 e. The second-order valence-electron chi connectivity index (χ2n) is 5.92. The minimum absolute atomic E-state index is 0.161. The van der Waals surface area contributed by atoms with Crippen LogP contribution in [0.1, 0.15) is 22.3 Å². The lowest BCUT2D eigenvalue weighted by Crippen LogP contribution is -2.27. The highest BCUT2D eigenvalue weighted by molar-refractivity contribution is 9.10. The number of nitrogens with one attached hydrogen (secondary N) is 2. The minimum Gasteiger partial charge on any atom is -0.483 e. The summed E-state index contributed by atoms with van der Waals surface area (Å²) in [6, 6.07) is 12.5. The first-order valence-electron chi connectivity index (χ1n) is 8.56. The Morgan fingerprint density at radius 1 is 1.15 bits per heavy atom. The molecule has 0 saturated carbocycles. The van der Waals surface area contributed by atoms with Crippen LogP contribution in [0.4, 0.5) is 5.69 Å². The van der Waals surface area contributed by atoms with E-state index in [1.807, 2.05) is 19.1 Å². The number of carbonyl (C=O) groups excluding carboxylic acids is 2. The summed E-state index contributed by atoms with van der Waals surface area (Å²) in [6.07, 6.45) is 0.718. The van der Waals surface area contributed by atoms with Gasteiger partial charge in [0, 0.05) is 20.3 Å². The number of halogens is 1. The third-order valence-corrected chi connectivity index (χ3v) is 4.32. The van der Waals surface area contributed by atoms with Crippen molar-refractivity contribution in [3.63, 3.8) is 0 Å². The van der Waals surface area contributed by atoms with Gasteiger partial charge in [-0.15, -0.1) is 0 Å². The van der Waals surface area contributed by atoms with Gasteiger partial charge in [0.25, 0.3) is 11.8 Å². The number of para-hydroxylation sites is 1. The van der Waals surface area contributed by atoms with Crippen molar-refractivity contribution in [3.05, 3.63) is 58.1 Å². The number of methoxy groups -OCH3 is 1. The molecule has 7 heteroatoms. The molecule has 0 atom stereocenters. The molecule has 0 radical (unpaired) electrons. The first-order chi connectivity index (χ1) is 13.0. The fraction of sp³-hybridized carbons (Fsp3) is 0.300. The first-order valence-corrected chi connectivity index (χ1v) is 9.35. The van der Waals surface area contributed by atoms with E-state index in [-0.39, 0.29) is 18.4 Å². The fourth-order valence-corrected chi connectivity index (χ4v) is 2.96. The topological polar surface area (TPSA) is 76.7 Å². The number of hydrogen-bond donors (Lipinski definition) is 2. The summed E-state index contributed by atoms with van der Waals surface area (Å²) >= 11 is 3.41. The van der Waals surface area contributed by atoms with E-state index < -0.39 is 0 Å². The number of rotatable bonds is 9. The Labute approximate surface area is 167 Å². The Morgan fingerprint density at radius 2 is 1.93 bits per heavy atom. The molecule has 2 aromatic carbocycles. The van der Waals surface area contributed by atoms with Crippen LogP contribution in [0, 0.1) is 6.92 Å². The van der Waals surface area contributed by atoms with Gasteiger partial charge in [-0.3, -0.25) is 9.59 Å². The molecule has 0 aliphatic heterocycles. The Morgan fingerprint density at radius 3 is 2.67 bits per heavy atom. The average Bonchev–Trinajstić information content (AvgIpc) is 2.65. The molecule has 27 heavy (non-hydrogen) atoms. The highest BCUT2D eigenvalue weighted by Gasteiger charge is 2.13. The van der Waals surface area contributed by atoms with Crippen LogP contribution < -0.4 is 15.4 Å². The molecule has 2 amide bonds. The second-order valence-corrected chi connectivity index (χ2v) is 6.77. The van der Waals surface area contributed by atoms with Crippen molar-refractivity contribution in [2.75, 3.05) is 32.2 Å². The molecule has 2 rings (SSSR count). The summed E-state index contributed by atoms with van der Waals surface area (Å²) in [5.41, 5.74) is 1.93. The number of aryl methyl sites for hydroxylation is 1. The molecule has 2 aromatic rings. The number of amides is 2. The predicted molar refractivity (Wildman–Crippen MR) is 108 cm³/mol. The zero-order valence-corrected chi connectivity index (χ0v) is 17.0. The van der Waals surface area contributed by atoms with E-state index in [0.29, 0.717) is 30.2 Å². The molecule has 2 N–H and O–H groups in total. The minimum atomic E-state index is -0.345. The quantitative estimate of drug-likeness (QED) is 0.591. The maximum absolute atomic E-state index is 12.3. The van der Waals surface area contributed by atoms with Crippen LogP contribution in [0.5, 0.6) is 5.75 Å². The Balaban J connectivity index is 1.94. The van der Waals surface area contributed by atoms with Crippen molar-refractivity contribution in [2.45, 2.75) is 13.3 Å². The van der Waals surface area contributed by atoms with Crippen molar-refractivity contribution in [3.8, 4) is 5.75 Å². The lowest BCUT2D eigenvalue weighted by Gasteiger charge is -2.12. The molecule has 0 heterocycles. The van der Waals surface area contributed by atoms with Crippen LogP contribution in [0.25, 0.3) is 0 Å². The third kappa shape index (κ3) is 6.69. The zero-order chi connectivity index (χ0) is 19.6. The molecule has 0 fully saturated rings. The van der Waals surface area contributed by atoms with Crippen molar-refractivity contribution in [1.29, 1.82) is 0 Å². The number of hydrogen-bond acceptors (Lipinski definition) is 4. The summed E-state index contributed by atoms with van der Waals surface area (Å²) < 4.78 is 11.3. The maximum atomic E-state index is 12.3. The molecule has 144 valence electrons. The SMILES string of the molecule is COCCCNC(=O)c1ccccc1NC(=O)COc1ccc(C)cc1Br. The number of carbonyl (C=O) groups is 2. The van der Waals surface area contributed by atoms with Gasteiger partial charge < -0.3 is 20.1 Å². The monoisotopic (exact) mass is 434 g/mol. The highest BCUT2D eigenvalue weighted by atomic mass is 79.9. The molecule has 6 nitrogen and oxygen atoms in total. The summed E-state index contributed by atoms with van der Waals surface area (Å²) in [7, 11) is 1.61. The lowest BCUT2D eigenvalue weighted by molar-refractivity contribution is -0.118. The summed E-state index contributed by atoms with van der Waals surface area (Å²) in [5.74, 6) is -0.00812. The van der Waals surface area contributed by atoms with Crippen LogP contribution in [0.3, 0.4) is 0 Å². The van der Waals surface area contributed by atoms with E-state index in [2.05, 4.69) is 26.6 Å². The van der Waals surface area contributed by atoms with Crippen molar-refractivity contribution in [2.24, 2.45) is 0 Å². The summed E-state index contributed by atoms with van der Waals surface area (Å²) in [4.78, 5) is 24.6. The van der Waals surface area contributed by atoms with Gasteiger partial charge in [0.05, 0.1) is 15.7 Å². The van der Waals surface area contributed by atoms with Gasteiger partial charge >= 0.3 is 0 Å². The van der Waals surface area contributed by atoms with E-state index in [1.54, 1.807) is 37.4 Å². The van der Waals surface area contributed by atoms with Gasteiger partial charge in [-0.2, -0.15) is 0 Å². The van der Waals surface area contributed by atoms with Gasteiger partial charge in [0.1, 0.15) is 5.75 Å².